The topological polar surface area (TPSA) is 55.1 Å². The van der Waals surface area contributed by atoms with Crippen molar-refractivity contribution in [2.75, 3.05) is 0 Å². The molecule has 0 amide bonds. The van der Waals surface area contributed by atoms with Gasteiger partial charge in [0, 0.05) is 17.8 Å². The molecule has 0 aromatic carbocycles. The van der Waals surface area contributed by atoms with Crippen molar-refractivity contribution in [3.05, 3.63) is 40.4 Å². The quantitative estimate of drug-likeness (QED) is 0.686. The van der Waals surface area contributed by atoms with Crippen LogP contribution in [0, 0.1) is 0 Å². The van der Waals surface area contributed by atoms with Crippen molar-refractivity contribution in [2.45, 2.75) is 13.3 Å². The predicted octanol–water partition coefficient (Wildman–Crippen LogP) is 1.15. The molecule has 2 heterocycles. The summed E-state index contributed by atoms with van der Waals surface area (Å²) in [7, 11) is 0. The highest BCUT2D eigenvalue weighted by Crippen LogP contribution is 2.21. The third-order valence-corrected chi connectivity index (χ3v) is 2.20. The van der Waals surface area contributed by atoms with Crippen LogP contribution in [-0.4, -0.2) is 14.9 Å². The SMILES string of the molecule is CCc1c2ccc(=O)nc-2ccn1O. The fourth-order valence-electron chi connectivity index (χ4n) is 1.53. The van der Waals surface area contributed by atoms with Crippen LogP contribution < -0.4 is 5.56 Å². The Morgan fingerprint density at radius 3 is 2.93 bits per heavy atom. The van der Waals surface area contributed by atoms with Gasteiger partial charge in [0.25, 0.3) is 5.56 Å². The van der Waals surface area contributed by atoms with Crippen LogP contribution in [-0.2, 0) is 6.42 Å². The lowest BCUT2D eigenvalue weighted by atomic mass is 10.1. The molecule has 4 nitrogen and oxygen atoms in total. The Morgan fingerprint density at radius 1 is 1.43 bits per heavy atom. The molecule has 4 heteroatoms. The van der Waals surface area contributed by atoms with Gasteiger partial charge in [-0.25, -0.2) is 4.98 Å². The molecule has 14 heavy (non-hydrogen) atoms. The van der Waals surface area contributed by atoms with E-state index in [2.05, 4.69) is 4.98 Å². The zero-order valence-electron chi connectivity index (χ0n) is 7.77. The van der Waals surface area contributed by atoms with E-state index in [9.17, 15) is 10.0 Å². The lowest BCUT2D eigenvalue weighted by molar-refractivity contribution is 0.175. The van der Waals surface area contributed by atoms with E-state index in [1.54, 1.807) is 12.1 Å². The standard InChI is InChI=1S/C10H10N2O2/c1-2-9-7-3-4-10(13)11-8(7)5-6-12(9)14/h3-6,14H,2H2,1H3. The first-order valence-corrected chi connectivity index (χ1v) is 4.43. The summed E-state index contributed by atoms with van der Waals surface area (Å²) in [5.74, 6) is 0. The van der Waals surface area contributed by atoms with Crippen molar-refractivity contribution in [3.8, 4) is 11.3 Å². The fourth-order valence-corrected chi connectivity index (χ4v) is 1.53. The molecular weight excluding hydrogens is 180 g/mol. The lowest BCUT2D eigenvalue weighted by Crippen LogP contribution is -2.10. The number of nitrogens with zero attached hydrogens (tertiary/aromatic N) is 2. The Bertz CT molecular complexity index is 490. The highest BCUT2D eigenvalue weighted by atomic mass is 16.5. The molecule has 0 saturated carbocycles. The van der Waals surface area contributed by atoms with Gasteiger partial charge < -0.3 is 5.21 Å². The van der Waals surface area contributed by atoms with Crippen LogP contribution in [0.25, 0.3) is 11.3 Å². The second kappa shape index (κ2) is 3.14. The van der Waals surface area contributed by atoms with E-state index in [0.29, 0.717) is 12.1 Å². The summed E-state index contributed by atoms with van der Waals surface area (Å²) in [6, 6.07) is 4.72. The Labute approximate surface area is 80.8 Å². The Kier molecular flexibility index (Phi) is 1.96. The number of fused-ring (bicyclic) bond motifs is 1. The zero-order valence-corrected chi connectivity index (χ0v) is 7.77. The van der Waals surface area contributed by atoms with E-state index in [1.807, 2.05) is 6.92 Å². The average molecular weight is 190 g/mol. The smallest absolute Gasteiger partial charge is 0.270 e. The van der Waals surface area contributed by atoms with Gasteiger partial charge in [-0.1, -0.05) is 6.92 Å². The van der Waals surface area contributed by atoms with Crippen LogP contribution in [0.3, 0.4) is 0 Å². The van der Waals surface area contributed by atoms with E-state index in [1.165, 1.54) is 12.3 Å². The van der Waals surface area contributed by atoms with Gasteiger partial charge in [-0.05, 0) is 18.6 Å². The summed E-state index contributed by atoms with van der Waals surface area (Å²) in [4.78, 5) is 14.8. The zero-order chi connectivity index (χ0) is 10.1. The second-order valence-corrected chi connectivity index (χ2v) is 3.04. The van der Waals surface area contributed by atoms with Crippen molar-refractivity contribution in [3.63, 3.8) is 0 Å². The molecule has 0 radical (unpaired) electrons. The summed E-state index contributed by atoms with van der Waals surface area (Å²) in [5, 5.41) is 9.49. The molecular formula is C10H10N2O2. The monoisotopic (exact) mass is 190 g/mol. The molecule has 0 saturated heterocycles. The molecule has 72 valence electrons. The Hall–Kier alpha value is -1.84. The molecule has 0 spiro atoms. The molecule has 1 N–H and O–H groups in total. The van der Waals surface area contributed by atoms with Crippen LogP contribution in [0.5, 0.6) is 0 Å². The van der Waals surface area contributed by atoms with E-state index < -0.39 is 0 Å². The van der Waals surface area contributed by atoms with Crippen molar-refractivity contribution in [2.24, 2.45) is 0 Å². The van der Waals surface area contributed by atoms with Gasteiger partial charge in [0.05, 0.1) is 11.4 Å². The molecule has 0 aromatic heterocycles. The van der Waals surface area contributed by atoms with Gasteiger partial charge >= 0.3 is 0 Å². The second-order valence-electron chi connectivity index (χ2n) is 3.04. The van der Waals surface area contributed by atoms with E-state index in [-0.39, 0.29) is 5.56 Å². The lowest BCUT2D eigenvalue weighted by Gasteiger charge is -2.11. The van der Waals surface area contributed by atoms with Gasteiger partial charge in [-0.3, -0.25) is 4.79 Å². The molecule has 0 atom stereocenters. The first-order valence-electron chi connectivity index (χ1n) is 4.43. The molecule has 2 rings (SSSR count). The maximum atomic E-state index is 11.0. The third-order valence-electron chi connectivity index (χ3n) is 2.20. The van der Waals surface area contributed by atoms with E-state index in [0.717, 1.165) is 16.0 Å². The summed E-state index contributed by atoms with van der Waals surface area (Å²) in [6.07, 6.45) is 2.18. The van der Waals surface area contributed by atoms with Crippen LogP contribution in [0.1, 0.15) is 12.6 Å². The van der Waals surface area contributed by atoms with E-state index >= 15 is 0 Å². The van der Waals surface area contributed by atoms with Crippen LogP contribution >= 0.6 is 0 Å². The van der Waals surface area contributed by atoms with Crippen molar-refractivity contribution >= 4 is 0 Å². The number of hydrogen-bond acceptors (Lipinski definition) is 3. The van der Waals surface area contributed by atoms with Crippen molar-refractivity contribution in [1.82, 2.24) is 9.71 Å². The molecule has 2 aliphatic rings. The van der Waals surface area contributed by atoms with Gasteiger partial charge in [0.15, 0.2) is 0 Å². The van der Waals surface area contributed by atoms with Gasteiger partial charge in [-0.2, -0.15) is 4.73 Å². The number of hydrogen-bond donors (Lipinski definition) is 1. The number of pyridine rings is 2. The number of rotatable bonds is 1. The first-order chi connectivity index (χ1) is 6.72. The third kappa shape index (κ3) is 1.25. The maximum Gasteiger partial charge on any atom is 0.270 e. The summed E-state index contributed by atoms with van der Waals surface area (Å²) in [5.41, 5.74) is 1.95. The fraction of sp³-hybridized carbons (Fsp3) is 0.200. The Balaban J connectivity index is 2.81. The van der Waals surface area contributed by atoms with Crippen LogP contribution in [0.2, 0.25) is 0 Å². The number of aromatic nitrogens is 2. The highest BCUT2D eigenvalue weighted by Gasteiger charge is 2.10. The average Bonchev–Trinajstić information content (AvgIpc) is 2.18. The van der Waals surface area contributed by atoms with Crippen LogP contribution in [0.4, 0.5) is 0 Å². The predicted molar refractivity (Wildman–Crippen MR) is 51.7 cm³/mol. The normalized spacial score (nSPS) is 10.6. The minimum absolute atomic E-state index is 0.254. The van der Waals surface area contributed by atoms with Gasteiger partial charge in [0.1, 0.15) is 0 Å². The van der Waals surface area contributed by atoms with E-state index in [4.69, 9.17) is 0 Å². The summed E-state index contributed by atoms with van der Waals surface area (Å²) >= 11 is 0. The first kappa shape index (κ1) is 8.74. The molecule has 2 aliphatic heterocycles. The molecule has 0 bridgehead atoms. The molecule has 0 unspecified atom stereocenters. The van der Waals surface area contributed by atoms with Crippen LogP contribution in [0.15, 0.2) is 29.2 Å². The Morgan fingerprint density at radius 2 is 2.21 bits per heavy atom. The largest absolute Gasteiger partial charge is 0.429 e. The minimum Gasteiger partial charge on any atom is -0.429 e. The minimum atomic E-state index is -0.254. The van der Waals surface area contributed by atoms with Gasteiger partial charge in [0.2, 0.25) is 0 Å². The van der Waals surface area contributed by atoms with Crippen molar-refractivity contribution < 1.29 is 5.21 Å². The summed E-state index contributed by atoms with van der Waals surface area (Å²) < 4.78 is 1.06. The van der Waals surface area contributed by atoms with Crippen molar-refractivity contribution in [1.29, 1.82) is 0 Å². The molecule has 0 aromatic rings. The molecule has 0 fully saturated rings. The maximum absolute atomic E-state index is 11.0. The van der Waals surface area contributed by atoms with Gasteiger partial charge in [-0.15, -0.1) is 0 Å². The highest BCUT2D eigenvalue weighted by molar-refractivity contribution is 5.62. The molecule has 0 aliphatic carbocycles. The summed E-state index contributed by atoms with van der Waals surface area (Å²) in [6.45, 7) is 1.94.